The molecule has 6 nitrogen and oxygen atoms in total. The number of aliphatic hydroxyl groups excluding tert-OH is 1. The van der Waals surface area contributed by atoms with Gasteiger partial charge in [0, 0.05) is 37.3 Å². The molecule has 0 aromatic carbocycles. The molecule has 2 saturated carbocycles. The van der Waals surface area contributed by atoms with E-state index in [2.05, 4.69) is 10.4 Å². The van der Waals surface area contributed by atoms with E-state index in [-0.39, 0.29) is 36.1 Å². The van der Waals surface area contributed by atoms with Gasteiger partial charge in [-0.05, 0) is 31.7 Å². The van der Waals surface area contributed by atoms with Crippen LogP contribution in [0.4, 0.5) is 4.79 Å². The predicted octanol–water partition coefficient (Wildman–Crippen LogP) is 2.17. The van der Waals surface area contributed by atoms with Crippen LogP contribution in [0.5, 0.6) is 0 Å². The molecule has 1 aliphatic heterocycles. The molecule has 132 valence electrons. The van der Waals surface area contributed by atoms with Crippen molar-refractivity contribution >= 4 is 6.03 Å². The quantitative estimate of drug-likeness (QED) is 0.872. The molecule has 2 N–H and O–H groups in total. The summed E-state index contributed by atoms with van der Waals surface area (Å²) in [4.78, 5) is 14.8. The number of carbonyl (C=O) groups excluding carboxylic acids is 1. The second kappa shape index (κ2) is 6.75. The average molecular weight is 332 g/mol. The van der Waals surface area contributed by atoms with Gasteiger partial charge in [0.25, 0.3) is 0 Å². The van der Waals surface area contributed by atoms with Crippen LogP contribution in [0.25, 0.3) is 0 Å². The average Bonchev–Trinajstić information content (AvgIpc) is 3.09. The lowest BCUT2D eigenvalue weighted by molar-refractivity contribution is -0.0372. The molecular weight excluding hydrogens is 304 g/mol. The van der Waals surface area contributed by atoms with E-state index in [1.165, 1.54) is 12.8 Å². The van der Waals surface area contributed by atoms with Gasteiger partial charge in [-0.15, -0.1) is 0 Å². The Kier molecular flexibility index (Phi) is 4.48. The maximum Gasteiger partial charge on any atom is 0.317 e. The summed E-state index contributed by atoms with van der Waals surface area (Å²) in [5.41, 5.74) is 0. The van der Waals surface area contributed by atoms with Gasteiger partial charge < -0.3 is 15.3 Å². The molecule has 4 rings (SSSR count). The Morgan fingerprint density at radius 2 is 1.83 bits per heavy atom. The number of nitrogens with zero attached hydrogens (tertiary/aromatic N) is 3. The summed E-state index contributed by atoms with van der Waals surface area (Å²) in [6.45, 7) is 1.39. The molecule has 24 heavy (non-hydrogen) atoms. The lowest BCUT2D eigenvalue weighted by Gasteiger charge is -2.45. The third kappa shape index (κ3) is 3.04. The summed E-state index contributed by atoms with van der Waals surface area (Å²) in [6, 6.07) is 2.40. The minimum absolute atomic E-state index is 0.0443. The molecule has 4 atom stereocenters. The second-order valence-corrected chi connectivity index (χ2v) is 7.74. The Morgan fingerprint density at radius 3 is 2.54 bits per heavy atom. The minimum atomic E-state index is -0.214. The van der Waals surface area contributed by atoms with Gasteiger partial charge >= 0.3 is 6.03 Å². The van der Waals surface area contributed by atoms with Gasteiger partial charge in [0.1, 0.15) is 0 Å². The first-order chi connectivity index (χ1) is 11.7. The molecule has 1 aromatic heterocycles. The standard InChI is InChI=1S/C18H28N4O2/c23-17-13-5-3-6-14(17)12-21(11-13)18(24)20-15-7-1-2-8-16(15)22-10-4-9-19-22/h4,9-10,13-17,23H,1-3,5-8,11-12H2,(H,20,24). The monoisotopic (exact) mass is 332 g/mol. The molecule has 0 radical (unpaired) electrons. The molecule has 4 unspecified atom stereocenters. The Balaban J connectivity index is 1.41. The van der Waals surface area contributed by atoms with E-state index in [1.54, 1.807) is 6.20 Å². The van der Waals surface area contributed by atoms with Gasteiger partial charge in [-0.25, -0.2) is 4.79 Å². The van der Waals surface area contributed by atoms with E-state index < -0.39 is 0 Å². The number of fused-ring (bicyclic) bond motifs is 2. The summed E-state index contributed by atoms with van der Waals surface area (Å²) in [5, 5.41) is 18.0. The smallest absolute Gasteiger partial charge is 0.317 e. The fourth-order valence-corrected chi connectivity index (χ4v) is 4.90. The number of hydrogen-bond donors (Lipinski definition) is 2. The number of rotatable bonds is 2. The molecule has 2 amide bonds. The van der Waals surface area contributed by atoms with Gasteiger partial charge in [0.2, 0.25) is 0 Å². The third-order valence-electron chi connectivity index (χ3n) is 6.22. The summed E-state index contributed by atoms with van der Waals surface area (Å²) in [5.74, 6) is 0.521. The van der Waals surface area contributed by atoms with Crippen LogP contribution >= 0.6 is 0 Å². The zero-order valence-electron chi connectivity index (χ0n) is 14.2. The van der Waals surface area contributed by atoms with Crippen molar-refractivity contribution < 1.29 is 9.90 Å². The molecule has 2 heterocycles. The number of aliphatic hydroxyl groups is 1. The van der Waals surface area contributed by atoms with Crippen molar-refractivity contribution in [1.82, 2.24) is 20.0 Å². The molecule has 3 aliphatic rings. The molecule has 2 aliphatic carbocycles. The van der Waals surface area contributed by atoms with Crippen LogP contribution in [0.1, 0.15) is 51.0 Å². The molecule has 1 saturated heterocycles. The lowest BCUT2D eigenvalue weighted by Crippen LogP contribution is -2.57. The van der Waals surface area contributed by atoms with Gasteiger partial charge in [0.15, 0.2) is 0 Å². The first kappa shape index (κ1) is 15.9. The molecule has 3 fully saturated rings. The summed E-state index contributed by atoms with van der Waals surface area (Å²) < 4.78 is 2.00. The molecule has 6 heteroatoms. The number of nitrogens with one attached hydrogen (secondary N) is 1. The van der Waals surface area contributed by atoms with Crippen molar-refractivity contribution in [3.8, 4) is 0 Å². The van der Waals surface area contributed by atoms with Crippen molar-refractivity contribution in [3.05, 3.63) is 18.5 Å². The number of piperidine rings is 1. The van der Waals surface area contributed by atoms with E-state index in [4.69, 9.17) is 0 Å². The first-order valence-electron chi connectivity index (χ1n) is 9.45. The van der Waals surface area contributed by atoms with Crippen molar-refractivity contribution in [2.45, 2.75) is 63.1 Å². The summed E-state index contributed by atoms with van der Waals surface area (Å²) in [7, 11) is 0. The Bertz CT molecular complexity index is 547. The highest BCUT2D eigenvalue weighted by atomic mass is 16.3. The SMILES string of the molecule is O=C(NC1CCCCC1n1cccn1)N1CC2CCCC(C1)C2O. The molecule has 2 bridgehead atoms. The van der Waals surface area contributed by atoms with Gasteiger partial charge in [0.05, 0.1) is 18.2 Å². The van der Waals surface area contributed by atoms with Gasteiger partial charge in [-0.3, -0.25) is 4.68 Å². The highest BCUT2D eigenvalue weighted by Gasteiger charge is 2.40. The van der Waals surface area contributed by atoms with E-state index in [1.807, 2.05) is 21.8 Å². The van der Waals surface area contributed by atoms with E-state index in [9.17, 15) is 9.90 Å². The molecule has 1 aromatic rings. The third-order valence-corrected chi connectivity index (χ3v) is 6.22. The number of urea groups is 1. The van der Waals surface area contributed by atoms with Crippen molar-refractivity contribution in [1.29, 1.82) is 0 Å². The fourth-order valence-electron chi connectivity index (χ4n) is 4.90. The van der Waals surface area contributed by atoms with Crippen molar-refractivity contribution in [3.63, 3.8) is 0 Å². The largest absolute Gasteiger partial charge is 0.392 e. The number of carbonyl (C=O) groups is 1. The van der Waals surface area contributed by atoms with Crippen molar-refractivity contribution in [2.75, 3.05) is 13.1 Å². The number of likely N-dealkylation sites (tertiary alicyclic amines) is 1. The van der Waals surface area contributed by atoms with E-state index in [0.717, 1.165) is 32.1 Å². The summed E-state index contributed by atoms with van der Waals surface area (Å²) >= 11 is 0. The van der Waals surface area contributed by atoms with Crippen LogP contribution in [0.15, 0.2) is 18.5 Å². The highest BCUT2D eigenvalue weighted by molar-refractivity contribution is 5.74. The van der Waals surface area contributed by atoms with Crippen molar-refractivity contribution in [2.24, 2.45) is 11.8 Å². The normalized spacial score (nSPS) is 36.4. The number of amides is 2. The Hall–Kier alpha value is -1.56. The zero-order valence-corrected chi connectivity index (χ0v) is 14.2. The van der Waals surface area contributed by atoms with Crippen LogP contribution in [-0.2, 0) is 0 Å². The topological polar surface area (TPSA) is 70.4 Å². The second-order valence-electron chi connectivity index (χ2n) is 7.74. The molecule has 0 spiro atoms. The van der Waals surface area contributed by atoms with E-state index in [0.29, 0.717) is 13.1 Å². The zero-order chi connectivity index (χ0) is 16.5. The van der Waals surface area contributed by atoms with Gasteiger partial charge in [-0.2, -0.15) is 5.10 Å². The van der Waals surface area contributed by atoms with Crippen LogP contribution < -0.4 is 5.32 Å². The molecular formula is C18H28N4O2. The Morgan fingerprint density at radius 1 is 1.08 bits per heavy atom. The first-order valence-corrected chi connectivity index (χ1v) is 9.45. The highest BCUT2D eigenvalue weighted by Crippen LogP contribution is 2.35. The number of hydrogen-bond acceptors (Lipinski definition) is 3. The van der Waals surface area contributed by atoms with Crippen LogP contribution in [0.3, 0.4) is 0 Å². The fraction of sp³-hybridized carbons (Fsp3) is 0.778. The van der Waals surface area contributed by atoms with Crippen LogP contribution in [-0.4, -0.2) is 51.1 Å². The minimum Gasteiger partial charge on any atom is -0.392 e. The predicted molar refractivity (Wildman–Crippen MR) is 90.5 cm³/mol. The Labute approximate surface area is 143 Å². The maximum absolute atomic E-state index is 12.8. The van der Waals surface area contributed by atoms with Crippen LogP contribution in [0.2, 0.25) is 0 Å². The maximum atomic E-state index is 12.8. The summed E-state index contributed by atoms with van der Waals surface area (Å²) in [6.07, 6.45) is 11.3. The van der Waals surface area contributed by atoms with Gasteiger partial charge in [-0.1, -0.05) is 19.3 Å². The lowest BCUT2D eigenvalue weighted by atomic mass is 9.75. The van der Waals surface area contributed by atoms with E-state index >= 15 is 0 Å². The van der Waals surface area contributed by atoms with Crippen LogP contribution in [0, 0.1) is 11.8 Å². The number of aromatic nitrogens is 2.